The standard InChI is InChI=1S/C70H42/c1-3-10-43(11-4-1)45-20-22-46(23-21-45)57-18-9-19-59-64(57)41-55(42-66(59)61-35-29-52-27-25-48-15-8-17-50-31-37-63(61)70(52)68(48)50)54-39-56-38-53(44-12-5-2-6-13-44)32-33-58(56)65(40-54)60-34-28-51-26-24-47-14-7-16-49-30-36-62(60)69(51)67(47)49/h1-42H. The molecule has 15 aromatic carbocycles. The number of benzene rings is 15. The first-order valence-corrected chi connectivity index (χ1v) is 24.4. The second kappa shape index (κ2) is 15.2. The van der Waals surface area contributed by atoms with Crippen molar-refractivity contribution in [1.82, 2.24) is 0 Å². The van der Waals surface area contributed by atoms with Gasteiger partial charge in [-0.15, -0.1) is 0 Å². The summed E-state index contributed by atoms with van der Waals surface area (Å²) in [7, 11) is 0. The van der Waals surface area contributed by atoms with Gasteiger partial charge in [0.2, 0.25) is 0 Å². The van der Waals surface area contributed by atoms with Gasteiger partial charge in [0, 0.05) is 0 Å². The fourth-order valence-corrected chi connectivity index (χ4v) is 12.0. The first-order chi connectivity index (χ1) is 34.7. The van der Waals surface area contributed by atoms with Gasteiger partial charge in [-0.2, -0.15) is 0 Å². The van der Waals surface area contributed by atoms with Crippen LogP contribution < -0.4 is 0 Å². The maximum absolute atomic E-state index is 2.48. The van der Waals surface area contributed by atoms with Crippen molar-refractivity contribution in [2.24, 2.45) is 0 Å². The fraction of sp³-hybridized carbons (Fsp3) is 0. The molecule has 15 aromatic rings. The molecular weight excluding hydrogens is 841 g/mol. The van der Waals surface area contributed by atoms with Crippen LogP contribution in [0.1, 0.15) is 0 Å². The van der Waals surface area contributed by atoms with Gasteiger partial charge < -0.3 is 0 Å². The summed E-state index contributed by atoms with van der Waals surface area (Å²) in [5, 5.41) is 20.5. The highest BCUT2D eigenvalue weighted by atomic mass is 14.2. The van der Waals surface area contributed by atoms with Crippen LogP contribution in [0.15, 0.2) is 255 Å². The van der Waals surface area contributed by atoms with Crippen LogP contribution in [0.3, 0.4) is 0 Å². The summed E-state index contributed by atoms with van der Waals surface area (Å²) in [6.45, 7) is 0. The van der Waals surface area contributed by atoms with E-state index in [9.17, 15) is 0 Å². The van der Waals surface area contributed by atoms with E-state index >= 15 is 0 Å². The van der Waals surface area contributed by atoms with Crippen molar-refractivity contribution in [3.63, 3.8) is 0 Å². The monoisotopic (exact) mass is 882 g/mol. The zero-order valence-corrected chi connectivity index (χ0v) is 38.2. The maximum atomic E-state index is 2.48. The second-order valence-corrected chi connectivity index (χ2v) is 19.1. The van der Waals surface area contributed by atoms with Crippen LogP contribution in [0, 0.1) is 0 Å². The van der Waals surface area contributed by atoms with E-state index in [-0.39, 0.29) is 0 Å². The van der Waals surface area contributed by atoms with Crippen LogP contribution in [0.25, 0.3) is 153 Å². The summed E-state index contributed by atoms with van der Waals surface area (Å²) in [4.78, 5) is 0. The Hall–Kier alpha value is -9.10. The lowest BCUT2D eigenvalue weighted by Gasteiger charge is -2.19. The minimum atomic E-state index is 1.19. The fourth-order valence-electron chi connectivity index (χ4n) is 12.0. The summed E-state index contributed by atoms with van der Waals surface area (Å²) in [6, 6.07) is 95.6. The molecule has 0 atom stereocenters. The SMILES string of the molecule is c1ccc(-c2ccc(-c3cccc4c(-c5ccc6ccc7cccc8ccc5c6c78)cc(-c5cc(-c6ccc7ccc8cccc9ccc6c7c89)c6ccc(-c7ccccc7)cc6c5)cc34)cc2)cc1. The average molecular weight is 883 g/mol. The number of hydrogen-bond donors (Lipinski definition) is 0. The van der Waals surface area contributed by atoms with E-state index < -0.39 is 0 Å². The minimum absolute atomic E-state index is 1.19. The molecule has 0 heterocycles. The Balaban J connectivity index is 1.02. The van der Waals surface area contributed by atoms with Gasteiger partial charge in [0.25, 0.3) is 0 Å². The Morgan fingerprint density at radius 3 is 1.14 bits per heavy atom. The smallest absolute Gasteiger partial charge is 0.00206 e. The van der Waals surface area contributed by atoms with Gasteiger partial charge in [-0.1, -0.05) is 224 Å². The normalized spacial score (nSPS) is 12.0. The summed E-state index contributed by atoms with van der Waals surface area (Å²) in [5.41, 5.74) is 14.6. The predicted molar refractivity (Wildman–Crippen MR) is 301 cm³/mol. The Labute approximate surface area is 405 Å². The molecule has 0 bridgehead atoms. The Kier molecular flexibility index (Phi) is 8.46. The summed E-state index contributed by atoms with van der Waals surface area (Å²) in [6.07, 6.45) is 0. The topological polar surface area (TPSA) is 0 Å². The lowest BCUT2D eigenvalue weighted by atomic mass is 9.84. The van der Waals surface area contributed by atoms with Crippen molar-refractivity contribution < 1.29 is 0 Å². The zero-order chi connectivity index (χ0) is 45.9. The summed E-state index contributed by atoms with van der Waals surface area (Å²) >= 11 is 0. The lowest BCUT2D eigenvalue weighted by Crippen LogP contribution is -1.93. The van der Waals surface area contributed by atoms with Crippen LogP contribution in [-0.2, 0) is 0 Å². The van der Waals surface area contributed by atoms with Gasteiger partial charge in [0.1, 0.15) is 0 Å². The van der Waals surface area contributed by atoms with Crippen molar-refractivity contribution in [3.8, 4) is 66.8 Å². The zero-order valence-electron chi connectivity index (χ0n) is 38.2. The Bertz CT molecular complexity index is 4510. The average Bonchev–Trinajstić information content (AvgIpc) is 3.43. The second-order valence-electron chi connectivity index (χ2n) is 19.1. The highest BCUT2D eigenvalue weighted by Crippen LogP contribution is 2.47. The molecule has 322 valence electrons. The molecular formula is C70H42. The molecule has 0 saturated heterocycles. The highest BCUT2D eigenvalue weighted by molar-refractivity contribution is 6.28. The summed E-state index contributed by atoms with van der Waals surface area (Å²) < 4.78 is 0. The molecule has 0 aliphatic carbocycles. The van der Waals surface area contributed by atoms with Crippen LogP contribution in [-0.4, -0.2) is 0 Å². The van der Waals surface area contributed by atoms with Gasteiger partial charge >= 0.3 is 0 Å². The molecule has 0 N–H and O–H groups in total. The van der Waals surface area contributed by atoms with Crippen molar-refractivity contribution in [2.75, 3.05) is 0 Å². The van der Waals surface area contributed by atoms with Crippen molar-refractivity contribution in [1.29, 1.82) is 0 Å². The first kappa shape index (κ1) is 38.9. The molecule has 70 heavy (non-hydrogen) atoms. The molecule has 0 aromatic heterocycles. The van der Waals surface area contributed by atoms with Crippen LogP contribution >= 0.6 is 0 Å². The molecule has 0 spiro atoms. The molecule has 0 aliphatic heterocycles. The number of fused-ring (bicyclic) bond motifs is 2. The molecule has 0 radical (unpaired) electrons. The van der Waals surface area contributed by atoms with Crippen LogP contribution in [0.4, 0.5) is 0 Å². The van der Waals surface area contributed by atoms with Gasteiger partial charge in [0.05, 0.1) is 0 Å². The van der Waals surface area contributed by atoms with Crippen molar-refractivity contribution in [3.05, 3.63) is 255 Å². The minimum Gasteiger partial charge on any atom is -0.0622 e. The van der Waals surface area contributed by atoms with E-state index in [1.165, 1.54) is 153 Å². The maximum Gasteiger partial charge on any atom is -0.00206 e. The molecule has 0 saturated carbocycles. The first-order valence-electron chi connectivity index (χ1n) is 24.4. The van der Waals surface area contributed by atoms with Crippen molar-refractivity contribution in [2.45, 2.75) is 0 Å². The van der Waals surface area contributed by atoms with Crippen LogP contribution in [0.2, 0.25) is 0 Å². The largest absolute Gasteiger partial charge is 0.0622 e. The van der Waals surface area contributed by atoms with Crippen LogP contribution in [0.5, 0.6) is 0 Å². The molecule has 0 nitrogen and oxygen atoms in total. The molecule has 0 aliphatic rings. The molecule has 0 heteroatoms. The molecule has 0 amide bonds. The summed E-state index contributed by atoms with van der Waals surface area (Å²) in [5.74, 6) is 0. The third-order valence-electron chi connectivity index (χ3n) is 15.3. The van der Waals surface area contributed by atoms with E-state index in [0.29, 0.717) is 0 Å². The van der Waals surface area contributed by atoms with Gasteiger partial charge in [-0.25, -0.2) is 0 Å². The van der Waals surface area contributed by atoms with E-state index in [0.717, 1.165) is 0 Å². The predicted octanol–water partition coefficient (Wildman–Crippen LogP) is 19.8. The van der Waals surface area contributed by atoms with Gasteiger partial charge in [0.15, 0.2) is 0 Å². The molecule has 15 rings (SSSR count). The third kappa shape index (κ3) is 5.97. The van der Waals surface area contributed by atoms with E-state index in [4.69, 9.17) is 0 Å². The van der Waals surface area contributed by atoms with Gasteiger partial charge in [-0.05, 0) is 183 Å². The lowest BCUT2D eigenvalue weighted by molar-refractivity contribution is 1.60. The highest BCUT2D eigenvalue weighted by Gasteiger charge is 2.20. The quantitative estimate of drug-likeness (QED) is 0.146. The van der Waals surface area contributed by atoms with E-state index in [1.54, 1.807) is 0 Å². The Morgan fingerprint density at radius 2 is 0.557 bits per heavy atom. The van der Waals surface area contributed by atoms with Gasteiger partial charge in [-0.3, -0.25) is 0 Å². The number of hydrogen-bond acceptors (Lipinski definition) is 0. The van der Waals surface area contributed by atoms with E-state index in [1.807, 2.05) is 0 Å². The van der Waals surface area contributed by atoms with E-state index in [2.05, 4.69) is 255 Å². The third-order valence-corrected chi connectivity index (χ3v) is 15.3. The number of rotatable bonds is 6. The van der Waals surface area contributed by atoms with Crippen molar-refractivity contribution >= 4 is 86.2 Å². The Morgan fingerprint density at radius 1 is 0.143 bits per heavy atom. The molecule has 0 fully saturated rings. The molecule has 0 unspecified atom stereocenters.